The van der Waals surface area contributed by atoms with E-state index in [0.717, 1.165) is 17.1 Å². The fourth-order valence-electron chi connectivity index (χ4n) is 1.75. The van der Waals surface area contributed by atoms with E-state index in [0.29, 0.717) is 13.1 Å². The molecule has 7 heteroatoms. The number of thiophene rings is 1. The Hall–Kier alpha value is -0.670. The largest absolute Gasteiger partial charge is 0.338 e. The quantitative estimate of drug-likeness (QED) is 0.674. The Morgan fingerprint density at radius 1 is 1.32 bits per heavy atom. The molecule has 4 nitrogen and oxygen atoms in total. The third-order valence-electron chi connectivity index (χ3n) is 2.91. The Morgan fingerprint density at radius 2 is 2.09 bits per heavy atom. The first-order chi connectivity index (χ1) is 10.3. The van der Waals surface area contributed by atoms with Crippen molar-refractivity contribution in [2.45, 2.75) is 39.2 Å². The molecule has 0 aromatic carbocycles. The number of amides is 2. The third-order valence-corrected chi connectivity index (χ3v) is 6.18. The number of rotatable bonds is 5. The van der Waals surface area contributed by atoms with Crippen molar-refractivity contribution in [3.05, 3.63) is 36.0 Å². The summed E-state index contributed by atoms with van der Waals surface area (Å²) in [6, 6.07) is 4.06. The summed E-state index contributed by atoms with van der Waals surface area (Å²) in [5, 5.41) is 8.83. The molecule has 0 atom stereocenters. The van der Waals surface area contributed by atoms with Gasteiger partial charge in [-0.3, -0.25) is 0 Å². The molecule has 2 aromatic heterocycles. The smallest absolute Gasteiger partial charge is 0.315 e. The summed E-state index contributed by atoms with van der Waals surface area (Å²) in [4.78, 5) is 17.6. The SMILES string of the molecule is CC(C)(C)c1nc(CNC(=O)NCCc2ccc(I)s2)cs1. The zero-order chi connectivity index (χ0) is 16.2. The molecule has 0 saturated carbocycles. The van der Waals surface area contributed by atoms with Gasteiger partial charge in [0.25, 0.3) is 0 Å². The molecule has 0 aliphatic heterocycles. The molecule has 2 heterocycles. The summed E-state index contributed by atoms with van der Waals surface area (Å²) in [7, 11) is 0. The predicted molar refractivity (Wildman–Crippen MR) is 102 cm³/mol. The molecule has 0 bridgehead atoms. The molecule has 0 spiro atoms. The highest BCUT2D eigenvalue weighted by Crippen LogP contribution is 2.25. The number of carbonyl (C=O) groups is 1. The van der Waals surface area contributed by atoms with Crippen LogP contribution in [0, 0.1) is 2.88 Å². The molecule has 2 N–H and O–H groups in total. The Bertz CT molecular complexity index is 631. The van der Waals surface area contributed by atoms with Crippen LogP contribution >= 0.6 is 45.3 Å². The number of hydrogen-bond donors (Lipinski definition) is 2. The lowest BCUT2D eigenvalue weighted by Gasteiger charge is -2.13. The van der Waals surface area contributed by atoms with Gasteiger partial charge < -0.3 is 10.6 Å². The molecule has 2 aromatic rings. The highest BCUT2D eigenvalue weighted by atomic mass is 127. The van der Waals surface area contributed by atoms with Gasteiger partial charge in [0.2, 0.25) is 0 Å². The van der Waals surface area contributed by atoms with Gasteiger partial charge in [0.15, 0.2) is 0 Å². The second kappa shape index (κ2) is 7.74. The van der Waals surface area contributed by atoms with Crippen molar-refractivity contribution < 1.29 is 4.79 Å². The van der Waals surface area contributed by atoms with Crippen LogP contribution in [0.5, 0.6) is 0 Å². The minimum atomic E-state index is -0.142. The first-order valence-corrected chi connectivity index (χ1v) is 9.83. The van der Waals surface area contributed by atoms with Gasteiger partial charge >= 0.3 is 6.03 Å². The molecule has 2 amide bonds. The topological polar surface area (TPSA) is 54.0 Å². The summed E-state index contributed by atoms with van der Waals surface area (Å²) in [6.45, 7) is 7.53. The second-order valence-electron chi connectivity index (χ2n) is 5.96. The van der Waals surface area contributed by atoms with E-state index in [1.165, 1.54) is 7.76 Å². The molecular weight excluding hydrogens is 429 g/mol. The summed E-state index contributed by atoms with van der Waals surface area (Å²) < 4.78 is 1.27. The number of urea groups is 1. The van der Waals surface area contributed by atoms with Gasteiger partial charge in [-0.1, -0.05) is 20.8 Å². The fourth-order valence-corrected chi connectivity index (χ4v) is 4.41. The number of thiazole rings is 1. The molecule has 0 unspecified atom stereocenters. The van der Waals surface area contributed by atoms with Gasteiger partial charge in [0.1, 0.15) is 0 Å². The maximum Gasteiger partial charge on any atom is 0.315 e. The van der Waals surface area contributed by atoms with Gasteiger partial charge in [-0.05, 0) is 41.1 Å². The first kappa shape index (κ1) is 17.7. The lowest BCUT2D eigenvalue weighted by Crippen LogP contribution is -2.36. The third kappa shape index (κ3) is 5.51. The Kier molecular flexibility index (Phi) is 6.22. The van der Waals surface area contributed by atoms with Gasteiger partial charge in [0, 0.05) is 22.2 Å². The van der Waals surface area contributed by atoms with Crippen LogP contribution in [-0.2, 0) is 18.4 Å². The highest BCUT2D eigenvalue weighted by molar-refractivity contribution is 14.1. The minimum Gasteiger partial charge on any atom is -0.338 e. The Balaban J connectivity index is 1.70. The first-order valence-electron chi connectivity index (χ1n) is 7.05. The zero-order valence-electron chi connectivity index (χ0n) is 12.9. The molecule has 0 aliphatic rings. The summed E-state index contributed by atoms with van der Waals surface area (Å²) in [5.74, 6) is 0. The van der Waals surface area contributed by atoms with Crippen molar-refractivity contribution in [1.29, 1.82) is 0 Å². The van der Waals surface area contributed by atoms with Crippen LogP contribution in [0.25, 0.3) is 0 Å². The minimum absolute atomic E-state index is 0.0589. The van der Waals surface area contributed by atoms with Crippen molar-refractivity contribution >= 4 is 51.3 Å². The molecule has 0 fully saturated rings. The average molecular weight is 449 g/mol. The van der Waals surface area contributed by atoms with E-state index in [4.69, 9.17) is 0 Å². The number of carbonyl (C=O) groups excluding carboxylic acids is 1. The van der Waals surface area contributed by atoms with E-state index < -0.39 is 0 Å². The fraction of sp³-hybridized carbons (Fsp3) is 0.467. The van der Waals surface area contributed by atoms with Crippen LogP contribution in [0.3, 0.4) is 0 Å². The van der Waals surface area contributed by atoms with Gasteiger partial charge in [-0.25, -0.2) is 9.78 Å². The number of halogens is 1. The number of nitrogens with one attached hydrogen (secondary N) is 2. The second-order valence-corrected chi connectivity index (χ2v) is 9.88. The van der Waals surface area contributed by atoms with E-state index in [9.17, 15) is 4.79 Å². The van der Waals surface area contributed by atoms with Crippen LogP contribution in [0.15, 0.2) is 17.5 Å². The van der Waals surface area contributed by atoms with Crippen molar-refractivity contribution in [2.24, 2.45) is 0 Å². The van der Waals surface area contributed by atoms with E-state index in [2.05, 4.69) is 71.1 Å². The number of nitrogens with zero attached hydrogens (tertiary/aromatic N) is 1. The number of hydrogen-bond acceptors (Lipinski definition) is 4. The standard InChI is InChI=1S/C15H20IN3OS2/c1-15(2,3)13-19-10(9-21-13)8-18-14(20)17-7-6-11-4-5-12(16)22-11/h4-5,9H,6-8H2,1-3H3,(H2,17,18,20). The van der Waals surface area contributed by atoms with Crippen molar-refractivity contribution in [1.82, 2.24) is 15.6 Å². The van der Waals surface area contributed by atoms with Crippen LogP contribution in [0.4, 0.5) is 4.79 Å². The van der Waals surface area contributed by atoms with Crippen molar-refractivity contribution in [2.75, 3.05) is 6.54 Å². The van der Waals surface area contributed by atoms with Crippen LogP contribution in [0.1, 0.15) is 36.3 Å². The maximum atomic E-state index is 11.8. The van der Waals surface area contributed by atoms with Crippen molar-refractivity contribution in [3.63, 3.8) is 0 Å². The van der Waals surface area contributed by atoms with E-state index in [1.54, 1.807) is 22.7 Å². The normalized spacial score (nSPS) is 11.5. The monoisotopic (exact) mass is 449 g/mol. The zero-order valence-corrected chi connectivity index (χ0v) is 16.7. The van der Waals surface area contributed by atoms with E-state index >= 15 is 0 Å². The predicted octanol–water partition coefficient (Wildman–Crippen LogP) is 4.15. The van der Waals surface area contributed by atoms with Gasteiger partial charge in [0.05, 0.1) is 20.1 Å². The van der Waals surface area contributed by atoms with Gasteiger partial charge in [-0.15, -0.1) is 22.7 Å². The Labute approximate surface area is 152 Å². The Morgan fingerprint density at radius 3 is 2.68 bits per heavy atom. The van der Waals surface area contributed by atoms with E-state index in [-0.39, 0.29) is 11.4 Å². The maximum absolute atomic E-state index is 11.8. The lowest BCUT2D eigenvalue weighted by atomic mass is 9.98. The summed E-state index contributed by atoms with van der Waals surface area (Å²) in [5.41, 5.74) is 0.974. The van der Waals surface area contributed by atoms with Crippen LogP contribution < -0.4 is 10.6 Å². The molecule has 120 valence electrons. The van der Waals surface area contributed by atoms with E-state index in [1.807, 2.05) is 5.38 Å². The molecule has 0 aliphatic carbocycles. The lowest BCUT2D eigenvalue weighted by molar-refractivity contribution is 0.240. The van der Waals surface area contributed by atoms with Crippen LogP contribution in [-0.4, -0.2) is 17.6 Å². The van der Waals surface area contributed by atoms with Crippen LogP contribution in [0.2, 0.25) is 0 Å². The highest BCUT2D eigenvalue weighted by Gasteiger charge is 2.17. The molecule has 0 radical (unpaired) electrons. The molecule has 22 heavy (non-hydrogen) atoms. The molecular formula is C15H20IN3OS2. The molecule has 2 rings (SSSR count). The number of aromatic nitrogens is 1. The summed E-state index contributed by atoms with van der Waals surface area (Å²) in [6.07, 6.45) is 0.867. The van der Waals surface area contributed by atoms with Crippen molar-refractivity contribution in [3.8, 4) is 0 Å². The summed E-state index contributed by atoms with van der Waals surface area (Å²) >= 11 is 5.71. The van der Waals surface area contributed by atoms with Gasteiger partial charge in [-0.2, -0.15) is 0 Å². The molecule has 0 saturated heterocycles. The average Bonchev–Trinajstić information content (AvgIpc) is 3.05.